The van der Waals surface area contributed by atoms with E-state index in [0.29, 0.717) is 6.42 Å². The lowest BCUT2D eigenvalue weighted by Gasteiger charge is -2.24. The highest BCUT2D eigenvalue weighted by molar-refractivity contribution is 5.66. The predicted molar refractivity (Wildman–Crippen MR) is 100 cm³/mol. The Kier molecular flexibility index (Phi) is 7.48. The van der Waals surface area contributed by atoms with Crippen molar-refractivity contribution >= 4 is 5.97 Å². The summed E-state index contributed by atoms with van der Waals surface area (Å²) in [5.41, 5.74) is 2.37. The first-order valence-corrected chi connectivity index (χ1v) is 8.72. The van der Waals surface area contributed by atoms with E-state index in [1.54, 1.807) is 7.11 Å². The summed E-state index contributed by atoms with van der Waals surface area (Å²) in [4.78, 5) is 11.0. The van der Waals surface area contributed by atoms with Gasteiger partial charge in [0.05, 0.1) is 7.11 Å². The van der Waals surface area contributed by atoms with Crippen LogP contribution in [0.1, 0.15) is 30.9 Å². The fourth-order valence-electron chi connectivity index (χ4n) is 3.10. The Morgan fingerprint density at radius 1 is 1.08 bits per heavy atom. The van der Waals surface area contributed by atoms with E-state index in [1.807, 2.05) is 36.4 Å². The molecule has 0 bridgehead atoms. The predicted octanol–water partition coefficient (Wildman–Crippen LogP) is 3.69. The zero-order valence-corrected chi connectivity index (χ0v) is 14.9. The van der Waals surface area contributed by atoms with Gasteiger partial charge < -0.3 is 15.2 Å². The van der Waals surface area contributed by atoms with Crippen LogP contribution in [0.5, 0.6) is 5.75 Å². The number of ether oxygens (including phenoxy) is 1. The summed E-state index contributed by atoms with van der Waals surface area (Å²) in [5.74, 6) is 0.138. The maximum atomic E-state index is 11.0. The van der Waals surface area contributed by atoms with E-state index >= 15 is 0 Å². The number of carbonyl (C=O) groups is 1. The number of nitrogens with one attached hydrogen (secondary N) is 1. The van der Waals surface area contributed by atoms with Crippen molar-refractivity contribution in [3.8, 4) is 5.75 Å². The fraction of sp³-hybridized carbons (Fsp3) is 0.381. The first-order chi connectivity index (χ1) is 12.1. The van der Waals surface area contributed by atoms with Crippen LogP contribution in [0.3, 0.4) is 0 Å². The van der Waals surface area contributed by atoms with Crippen molar-refractivity contribution in [2.24, 2.45) is 0 Å². The molecule has 0 saturated carbocycles. The molecule has 2 N–H and O–H groups in total. The zero-order valence-electron chi connectivity index (χ0n) is 14.9. The first-order valence-electron chi connectivity index (χ1n) is 8.72. The highest BCUT2D eigenvalue weighted by Crippen LogP contribution is 2.19. The molecular formula is C21H27NO3. The number of rotatable bonds is 10. The molecule has 2 aromatic carbocycles. The van der Waals surface area contributed by atoms with Crippen molar-refractivity contribution in [2.75, 3.05) is 7.11 Å². The lowest BCUT2D eigenvalue weighted by Crippen LogP contribution is -2.39. The Morgan fingerprint density at radius 3 is 2.44 bits per heavy atom. The molecule has 0 fully saturated rings. The molecule has 0 aliphatic carbocycles. The Morgan fingerprint density at radius 2 is 1.76 bits per heavy atom. The quantitative estimate of drug-likeness (QED) is 0.692. The summed E-state index contributed by atoms with van der Waals surface area (Å²) in [5, 5.41) is 12.6. The van der Waals surface area contributed by atoms with E-state index in [2.05, 4.69) is 30.4 Å². The minimum absolute atomic E-state index is 0.128. The number of carboxylic acids is 1. The summed E-state index contributed by atoms with van der Waals surface area (Å²) >= 11 is 0. The molecule has 0 heterocycles. The van der Waals surface area contributed by atoms with Gasteiger partial charge in [-0.3, -0.25) is 4.79 Å². The van der Waals surface area contributed by atoms with Crippen LogP contribution in [0.2, 0.25) is 0 Å². The van der Waals surface area contributed by atoms with Gasteiger partial charge in [0.2, 0.25) is 0 Å². The average molecular weight is 341 g/mol. The lowest BCUT2D eigenvalue weighted by atomic mass is 9.99. The molecular weight excluding hydrogens is 314 g/mol. The monoisotopic (exact) mass is 341 g/mol. The Balaban J connectivity index is 2.00. The minimum atomic E-state index is -0.753. The van der Waals surface area contributed by atoms with E-state index in [9.17, 15) is 4.79 Å². The molecule has 0 saturated heterocycles. The van der Waals surface area contributed by atoms with Crippen LogP contribution in [-0.2, 0) is 17.6 Å². The highest BCUT2D eigenvalue weighted by Gasteiger charge is 2.16. The van der Waals surface area contributed by atoms with Gasteiger partial charge in [0.1, 0.15) is 5.75 Å². The van der Waals surface area contributed by atoms with Crippen molar-refractivity contribution in [3.05, 3.63) is 65.7 Å². The summed E-state index contributed by atoms with van der Waals surface area (Å²) in [6.45, 7) is 2.13. The van der Waals surface area contributed by atoms with Gasteiger partial charge in [0.15, 0.2) is 0 Å². The molecule has 4 nitrogen and oxygen atoms in total. The van der Waals surface area contributed by atoms with Crippen molar-refractivity contribution in [3.63, 3.8) is 0 Å². The average Bonchev–Trinajstić information content (AvgIpc) is 2.61. The van der Waals surface area contributed by atoms with Crippen LogP contribution in [0.4, 0.5) is 0 Å². The summed E-state index contributed by atoms with van der Waals surface area (Å²) < 4.78 is 5.42. The first kappa shape index (κ1) is 19.0. The molecule has 0 aliphatic heterocycles. The zero-order chi connectivity index (χ0) is 18.1. The lowest BCUT2D eigenvalue weighted by molar-refractivity contribution is -0.137. The van der Waals surface area contributed by atoms with E-state index < -0.39 is 5.97 Å². The van der Waals surface area contributed by atoms with Gasteiger partial charge in [-0.15, -0.1) is 0 Å². The van der Waals surface area contributed by atoms with Crippen LogP contribution in [0.15, 0.2) is 54.6 Å². The number of carboxylic acid groups (broad SMARTS) is 1. The second-order valence-corrected chi connectivity index (χ2v) is 6.40. The largest absolute Gasteiger partial charge is 0.496 e. The van der Waals surface area contributed by atoms with Crippen LogP contribution in [-0.4, -0.2) is 30.3 Å². The molecule has 2 rings (SSSR count). The third-order valence-electron chi connectivity index (χ3n) is 4.27. The maximum Gasteiger partial charge on any atom is 0.303 e. The highest BCUT2D eigenvalue weighted by atomic mass is 16.5. The fourth-order valence-corrected chi connectivity index (χ4v) is 3.10. The van der Waals surface area contributed by atoms with E-state index in [0.717, 1.165) is 24.2 Å². The van der Waals surface area contributed by atoms with Gasteiger partial charge in [0.25, 0.3) is 0 Å². The van der Waals surface area contributed by atoms with Crippen molar-refractivity contribution in [1.29, 1.82) is 0 Å². The summed E-state index contributed by atoms with van der Waals surface area (Å²) in [7, 11) is 1.68. The molecule has 134 valence electrons. The van der Waals surface area contributed by atoms with E-state index in [-0.39, 0.29) is 18.5 Å². The number of methoxy groups -OCH3 is 1. The minimum Gasteiger partial charge on any atom is -0.496 e. The Labute approximate surface area is 149 Å². The maximum absolute atomic E-state index is 11.0. The number of aliphatic carboxylic acids is 1. The molecule has 2 unspecified atom stereocenters. The summed E-state index contributed by atoms with van der Waals surface area (Å²) in [6.07, 6.45) is 2.44. The van der Waals surface area contributed by atoms with Crippen molar-refractivity contribution in [1.82, 2.24) is 5.32 Å². The third-order valence-corrected chi connectivity index (χ3v) is 4.27. The molecule has 0 amide bonds. The molecule has 0 radical (unpaired) electrons. The van der Waals surface area contributed by atoms with Gasteiger partial charge in [-0.2, -0.15) is 0 Å². The van der Waals surface area contributed by atoms with Crippen LogP contribution < -0.4 is 10.1 Å². The second kappa shape index (κ2) is 9.84. The molecule has 0 aromatic heterocycles. The number of benzene rings is 2. The molecule has 2 aromatic rings. The third kappa shape index (κ3) is 6.59. The summed E-state index contributed by atoms with van der Waals surface area (Å²) in [6, 6.07) is 18.6. The molecule has 4 heteroatoms. The Bertz CT molecular complexity index is 657. The van der Waals surface area contributed by atoms with Gasteiger partial charge in [-0.25, -0.2) is 0 Å². The standard InChI is InChI=1S/C21H27NO3/c1-16(14-18-10-6-7-11-20(18)25-2)22-19(12-13-21(23)24)15-17-8-4-3-5-9-17/h3-11,16,19,22H,12-15H2,1-2H3,(H,23,24). The Hall–Kier alpha value is -2.33. The molecule has 25 heavy (non-hydrogen) atoms. The second-order valence-electron chi connectivity index (χ2n) is 6.40. The number of hydrogen-bond donors (Lipinski definition) is 2. The van der Waals surface area contributed by atoms with Crippen LogP contribution in [0.25, 0.3) is 0 Å². The van der Waals surface area contributed by atoms with Crippen molar-refractivity contribution < 1.29 is 14.6 Å². The molecule has 0 aliphatic rings. The van der Waals surface area contributed by atoms with Crippen LogP contribution >= 0.6 is 0 Å². The smallest absolute Gasteiger partial charge is 0.303 e. The van der Waals surface area contributed by atoms with E-state index in [4.69, 9.17) is 9.84 Å². The van der Waals surface area contributed by atoms with Gasteiger partial charge in [-0.1, -0.05) is 48.5 Å². The van der Waals surface area contributed by atoms with Crippen LogP contribution in [0, 0.1) is 0 Å². The molecule has 0 spiro atoms. The van der Waals surface area contributed by atoms with Gasteiger partial charge in [-0.05, 0) is 43.4 Å². The number of hydrogen-bond acceptors (Lipinski definition) is 3. The van der Waals surface area contributed by atoms with Gasteiger partial charge in [0, 0.05) is 18.5 Å². The normalized spacial score (nSPS) is 13.2. The number of para-hydroxylation sites is 1. The van der Waals surface area contributed by atoms with Gasteiger partial charge >= 0.3 is 5.97 Å². The molecule has 2 atom stereocenters. The van der Waals surface area contributed by atoms with Crippen molar-refractivity contribution in [2.45, 2.75) is 44.7 Å². The topological polar surface area (TPSA) is 58.6 Å². The van der Waals surface area contributed by atoms with E-state index in [1.165, 1.54) is 5.56 Å². The SMILES string of the molecule is COc1ccccc1CC(C)NC(CCC(=O)O)Cc1ccccc1.